The topological polar surface area (TPSA) is 58.6 Å². The van der Waals surface area contributed by atoms with Crippen molar-refractivity contribution in [1.82, 2.24) is 14.3 Å². The van der Waals surface area contributed by atoms with Crippen molar-refractivity contribution in [3.05, 3.63) is 70.5 Å². The first-order valence-corrected chi connectivity index (χ1v) is 12.5. The normalized spacial score (nSPS) is 16.2. The molecule has 0 spiro atoms. The lowest BCUT2D eigenvalue weighted by molar-refractivity contribution is 0.0674. The summed E-state index contributed by atoms with van der Waals surface area (Å²) < 4.78 is 10.2. The van der Waals surface area contributed by atoms with Crippen molar-refractivity contribution in [2.24, 2.45) is 0 Å². The molecule has 33 heavy (non-hydrogen) atoms. The second-order valence-corrected chi connectivity index (χ2v) is 9.48. The minimum atomic E-state index is 0.0583. The van der Waals surface area contributed by atoms with Crippen LogP contribution in [-0.2, 0) is 6.42 Å². The molecule has 3 aromatic rings. The predicted molar refractivity (Wildman–Crippen MR) is 134 cm³/mol. The first-order valence-electron chi connectivity index (χ1n) is 11.4. The number of halogens is 1. The maximum atomic E-state index is 13.1. The molecule has 0 saturated carbocycles. The van der Waals surface area contributed by atoms with E-state index in [0.29, 0.717) is 25.1 Å². The summed E-state index contributed by atoms with van der Waals surface area (Å²) in [6.45, 7) is 7.05. The molecule has 6 nitrogen and oxygen atoms in total. The second kappa shape index (κ2) is 11.0. The number of anilines is 1. The highest BCUT2D eigenvalue weighted by Crippen LogP contribution is 2.24. The second-order valence-electron chi connectivity index (χ2n) is 8.32. The van der Waals surface area contributed by atoms with Crippen molar-refractivity contribution in [2.75, 3.05) is 31.1 Å². The summed E-state index contributed by atoms with van der Waals surface area (Å²) in [7, 11) is 0. The van der Waals surface area contributed by atoms with E-state index in [-0.39, 0.29) is 11.9 Å². The standard InChI is InChI=1S/C25H29ClN4O2S/c1-3-4-15-32-22-11-7-20(8-12-22)24(31)30-14-13-29(17-18(30)2)25-27-23(28-33-25)16-19-5-9-21(26)10-6-19/h5-12,18H,3-4,13-17H2,1-2H3. The van der Waals surface area contributed by atoms with E-state index in [1.807, 2.05) is 53.4 Å². The summed E-state index contributed by atoms with van der Waals surface area (Å²) in [5.41, 5.74) is 1.83. The van der Waals surface area contributed by atoms with Gasteiger partial charge in [0.2, 0.25) is 5.13 Å². The molecule has 1 saturated heterocycles. The predicted octanol–water partition coefficient (Wildman–Crippen LogP) is 5.31. The zero-order chi connectivity index (χ0) is 23.2. The number of carbonyl (C=O) groups excluding carboxylic acids is 1. The first kappa shape index (κ1) is 23.5. The summed E-state index contributed by atoms with van der Waals surface area (Å²) in [5, 5.41) is 1.63. The van der Waals surface area contributed by atoms with Crippen LogP contribution in [-0.4, -0.2) is 52.4 Å². The van der Waals surface area contributed by atoms with Gasteiger partial charge >= 0.3 is 0 Å². The molecule has 2 aromatic carbocycles. The molecule has 1 atom stereocenters. The molecule has 8 heteroatoms. The van der Waals surface area contributed by atoms with Gasteiger partial charge in [0.25, 0.3) is 5.91 Å². The Morgan fingerprint density at radius 1 is 1.15 bits per heavy atom. The molecular weight excluding hydrogens is 456 g/mol. The Morgan fingerprint density at radius 3 is 2.61 bits per heavy atom. The van der Waals surface area contributed by atoms with Gasteiger partial charge in [-0.05, 0) is 55.3 Å². The van der Waals surface area contributed by atoms with Crippen LogP contribution < -0.4 is 9.64 Å². The van der Waals surface area contributed by atoms with E-state index in [1.54, 1.807) is 0 Å². The third kappa shape index (κ3) is 6.03. The Morgan fingerprint density at radius 2 is 1.91 bits per heavy atom. The lowest BCUT2D eigenvalue weighted by atomic mass is 10.1. The number of piperazine rings is 1. The van der Waals surface area contributed by atoms with Crippen LogP contribution in [0.25, 0.3) is 0 Å². The Kier molecular flexibility index (Phi) is 7.83. The van der Waals surface area contributed by atoms with Crippen LogP contribution in [0.1, 0.15) is 48.4 Å². The molecule has 1 aliphatic rings. The maximum Gasteiger partial charge on any atom is 0.254 e. The quantitative estimate of drug-likeness (QED) is 0.405. The van der Waals surface area contributed by atoms with Gasteiger partial charge in [-0.3, -0.25) is 4.79 Å². The van der Waals surface area contributed by atoms with Crippen LogP contribution in [0.4, 0.5) is 5.13 Å². The summed E-state index contributed by atoms with van der Waals surface area (Å²) >= 11 is 7.39. The molecule has 0 radical (unpaired) electrons. The monoisotopic (exact) mass is 484 g/mol. The summed E-state index contributed by atoms with van der Waals surface area (Å²) in [6.07, 6.45) is 2.81. The van der Waals surface area contributed by atoms with Crippen LogP contribution in [0.2, 0.25) is 5.02 Å². The molecule has 0 N–H and O–H groups in total. The molecule has 1 aliphatic heterocycles. The molecule has 1 amide bonds. The number of benzene rings is 2. The van der Waals surface area contributed by atoms with Crippen molar-refractivity contribution >= 4 is 34.2 Å². The van der Waals surface area contributed by atoms with E-state index < -0.39 is 0 Å². The maximum absolute atomic E-state index is 13.1. The zero-order valence-electron chi connectivity index (χ0n) is 19.0. The molecule has 174 valence electrons. The largest absolute Gasteiger partial charge is 0.494 e. The van der Waals surface area contributed by atoms with Crippen LogP contribution >= 0.6 is 23.1 Å². The third-order valence-corrected chi connectivity index (χ3v) is 6.83. The van der Waals surface area contributed by atoms with E-state index in [4.69, 9.17) is 21.3 Å². The van der Waals surface area contributed by atoms with Gasteiger partial charge in [0, 0.05) is 54.2 Å². The van der Waals surface area contributed by atoms with Gasteiger partial charge in [-0.1, -0.05) is 37.1 Å². The Hall–Kier alpha value is -2.64. The van der Waals surface area contributed by atoms with E-state index in [9.17, 15) is 4.79 Å². The van der Waals surface area contributed by atoms with Gasteiger partial charge in [0.05, 0.1) is 6.61 Å². The summed E-state index contributed by atoms with van der Waals surface area (Å²) in [5.74, 6) is 1.68. The molecule has 2 heterocycles. The fourth-order valence-electron chi connectivity index (χ4n) is 3.86. The van der Waals surface area contributed by atoms with Gasteiger partial charge in [-0.25, -0.2) is 4.98 Å². The van der Waals surface area contributed by atoms with Crippen LogP contribution in [0, 0.1) is 0 Å². The fraction of sp³-hybridized carbons (Fsp3) is 0.400. The van der Waals surface area contributed by atoms with Crippen molar-refractivity contribution in [3.8, 4) is 5.75 Å². The van der Waals surface area contributed by atoms with Gasteiger partial charge in [-0.15, -0.1) is 0 Å². The van der Waals surface area contributed by atoms with Crippen molar-refractivity contribution in [1.29, 1.82) is 0 Å². The number of hydrogen-bond acceptors (Lipinski definition) is 6. The average Bonchev–Trinajstić information content (AvgIpc) is 3.29. The van der Waals surface area contributed by atoms with Gasteiger partial charge in [0.15, 0.2) is 0 Å². The Bertz CT molecular complexity index is 1060. The van der Waals surface area contributed by atoms with Crippen molar-refractivity contribution in [2.45, 2.75) is 39.2 Å². The van der Waals surface area contributed by atoms with Crippen LogP contribution in [0.5, 0.6) is 5.75 Å². The Labute approximate surface area is 204 Å². The summed E-state index contributed by atoms with van der Waals surface area (Å²) in [6, 6.07) is 15.3. The average molecular weight is 485 g/mol. The van der Waals surface area contributed by atoms with Gasteiger partial charge in [0.1, 0.15) is 11.6 Å². The van der Waals surface area contributed by atoms with Gasteiger partial charge < -0.3 is 14.5 Å². The SMILES string of the molecule is CCCCOc1ccc(C(=O)N2CCN(c3nc(Cc4ccc(Cl)cc4)ns3)CC2C)cc1. The van der Waals surface area contributed by atoms with Crippen molar-refractivity contribution < 1.29 is 9.53 Å². The first-order chi connectivity index (χ1) is 16.0. The number of amides is 1. The van der Waals surface area contributed by atoms with Crippen LogP contribution in [0.15, 0.2) is 48.5 Å². The molecule has 1 aromatic heterocycles. The fourth-order valence-corrected chi connectivity index (χ4v) is 4.70. The van der Waals surface area contributed by atoms with E-state index >= 15 is 0 Å². The highest BCUT2D eigenvalue weighted by atomic mass is 35.5. The molecule has 0 aliphatic carbocycles. The molecular formula is C25H29ClN4O2S. The smallest absolute Gasteiger partial charge is 0.254 e. The molecule has 0 bridgehead atoms. The van der Waals surface area contributed by atoms with E-state index in [1.165, 1.54) is 11.5 Å². The number of unbranched alkanes of at least 4 members (excludes halogenated alkanes) is 1. The number of rotatable bonds is 8. The van der Waals surface area contributed by atoms with Crippen LogP contribution in [0.3, 0.4) is 0 Å². The van der Waals surface area contributed by atoms with Gasteiger partial charge in [-0.2, -0.15) is 4.37 Å². The number of ether oxygens (including phenoxy) is 1. The molecule has 4 rings (SSSR count). The van der Waals surface area contributed by atoms with E-state index in [0.717, 1.165) is 53.2 Å². The third-order valence-electron chi connectivity index (χ3n) is 5.76. The minimum Gasteiger partial charge on any atom is -0.494 e. The number of aromatic nitrogens is 2. The minimum absolute atomic E-state index is 0.0583. The van der Waals surface area contributed by atoms with Crippen molar-refractivity contribution in [3.63, 3.8) is 0 Å². The lowest BCUT2D eigenvalue weighted by Crippen LogP contribution is -2.54. The highest BCUT2D eigenvalue weighted by Gasteiger charge is 2.29. The Balaban J connectivity index is 1.33. The molecule has 1 unspecified atom stereocenters. The summed E-state index contributed by atoms with van der Waals surface area (Å²) in [4.78, 5) is 22.0. The number of carbonyl (C=O) groups is 1. The lowest BCUT2D eigenvalue weighted by Gasteiger charge is -2.39. The number of nitrogens with zero attached hydrogens (tertiary/aromatic N) is 4. The van der Waals surface area contributed by atoms with E-state index in [2.05, 4.69) is 23.1 Å². The molecule has 1 fully saturated rings. The number of hydrogen-bond donors (Lipinski definition) is 0. The zero-order valence-corrected chi connectivity index (χ0v) is 20.6. The highest BCUT2D eigenvalue weighted by molar-refractivity contribution is 7.09.